The van der Waals surface area contributed by atoms with Crippen LogP contribution in [0.1, 0.15) is 35.7 Å². The Balaban J connectivity index is 1.31. The first-order valence-corrected chi connectivity index (χ1v) is 9.20. The molecular weight excluding hydrogens is 324 g/mol. The van der Waals surface area contributed by atoms with E-state index in [2.05, 4.69) is 56.5 Å². The van der Waals surface area contributed by atoms with Crippen LogP contribution in [-0.2, 0) is 13.2 Å². The van der Waals surface area contributed by atoms with Crippen molar-refractivity contribution in [1.29, 1.82) is 0 Å². The number of rotatable bonds is 6. The maximum atomic E-state index is 5.87. The Kier molecular flexibility index (Phi) is 5.26. The van der Waals surface area contributed by atoms with E-state index in [0.717, 1.165) is 31.2 Å². The van der Waals surface area contributed by atoms with E-state index in [4.69, 9.17) is 4.74 Å². The molecular formula is C21H24N4O. The van der Waals surface area contributed by atoms with Gasteiger partial charge in [0, 0.05) is 19.0 Å². The van der Waals surface area contributed by atoms with E-state index in [-0.39, 0.29) is 0 Å². The highest BCUT2D eigenvalue weighted by molar-refractivity contribution is 5.28. The van der Waals surface area contributed by atoms with E-state index < -0.39 is 0 Å². The normalized spacial score (nSPS) is 17.9. The minimum atomic E-state index is 0.458. The number of aromatic nitrogens is 3. The summed E-state index contributed by atoms with van der Waals surface area (Å²) in [6.45, 7) is 3.73. The average Bonchev–Trinajstić information content (AvgIpc) is 3.23. The first kappa shape index (κ1) is 16.8. The Morgan fingerprint density at radius 3 is 2.65 bits per heavy atom. The van der Waals surface area contributed by atoms with Gasteiger partial charge < -0.3 is 4.74 Å². The van der Waals surface area contributed by atoms with E-state index in [1.165, 1.54) is 24.0 Å². The zero-order valence-corrected chi connectivity index (χ0v) is 14.8. The van der Waals surface area contributed by atoms with Crippen LogP contribution in [0.25, 0.3) is 0 Å². The van der Waals surface area contributed by atoms with Gasteiger partial charge in [0.1, 0.15) is 24.5 Å². The lowest BCUT2D eigenvalue weighted by Gasteiger charge is -2.31. The molecule has 5 heteroatoms. The van der Waals surface area contributed by atoms with Gasteiger partial charge in [0.05, 0.1) is 0 Å². The van der Waals surface area contributed by atoms with Crippen molar-refractivity contribution < 1.29 is 4.74 Å². The molecule has 1 atom stereocenters. The summed E-state index contributed by atoms with van der Waals surface area (Å²) in [5.41, 5.74) is 2.50. The Labute approximate surface area is 154 Å². The first-order valence-electron chi connectivity index (χ1n) is 9.20. The van der Waals surface area contributed by atoms with Crippen LogP contribution in [0.3, 0.4) is 0 Å². The van der Waals surface area contributed by atoms with Gasteiger partial charge in [-0.05, 0) is 42.6 Å². The molecule has 2 aromatic carbocycles. The number of nitrogens with one attached hydrogen (secondary N) is 1. The van der Waals surface area contributed by atoms with Gasteiger partial charge in [-0.15, -0.1) is 0 Å². The molecule has 0 aliphatic carbocycles. The molecule has 0 bridgehead atoms. The number of likely N-dealkylation sites (tertiary alicyclic amines) is 1. The predicted molar refractivity (Wildman–Crippen MR) is 101 cm³/mol. The fourth-order valence-corrected chi connectivity index (χ4v) is 3.52. The molecule has 1 aromatic heterocycles. The van der Waals surface area contributed by atoms with E-state index in [9.17, 15) is 0 Å². The molecule has 1 aliphatic rings. The zero-order chi connectivity index (χ0) is 17.6. The van der Waals surface area contributed by atoms with Crippen molar-refractivity contribution in [2.45, 2.75) is 31.9 Å². The Morgan fingerprint density at radius 2 is 1.88 bits per heavy atom. The second-order valence-electron chi connectivity index (χ2n) is 6.86. The molecule has 0 radical (unpaired) electrons. The van der Waals surface area contributed by atoms with Gasteiger partial charge in [-0.1, -0.05) is 42.5 Å². The summed E-state index contributed by atoms with van der Waals surface area (Å²) >= 11 is 0. The topological polar surface area (TPSA) is 54.0 Å². The van der Waals surface area contributed by atoms with Crippen LogP contribution in [0.4, 0.5) is 0 Å². The number of ether oxygens (including phenoxy) is 1. The van der Waals surface area contributed by atoms with Gasteiger partial charge in [-0.2, -0.15) is 5.10 Å². The molecule has 0 unspecified atom stereocenters. The quantitative estimate of drug-likeness (QED) is 0.737. The molecule has 2 heterocycles. The zero-order valence-electron chi connectivity index (χ0n) is 14.8. The SMILES string of the molecule is c1ccc(COc2ccc(CN3CCC[C@H](c4ncn[nH]4)C3)cc2)cc1. The number of hydrogen-bond donors (Lipinski definition) is 1. The van der Waals surface area contributed by atoms with E-state index in [0.29, 0.717) is 12.5 Å². The number of benzene rings is 2. The highest BCUT2D eigenvalue weighted by Crippen LogP contribution is 2.25. The number of piperidine rings is 1. The summed E-state index contributed by atoms with van der Waals surface area (Å²) in [6.07, 6.45) is 3.98. The maximum Gasteiger partial charge on any atom is 0.137 e. The van der Waals surface area contributed by atoms with Crippen molar-refractivity contribution in [3.8, 4) is 5.75 Å². The van der Waals surface area contributed by atoms with Crippen LogP contribution >= 0.6 is 0 Å². The molecule has 0 amide bonds. The average molecular weight is 348 g/mol. The smallest absolute Gasteiger partial charge is 0.137 e. The van der Waals surface area contributed by atoms with Crippen LogP contribution in [0.5, 0.6) is 5.75 Å². The minimum absolute atomic E-state index is 0.458. The molecule has 0 saturated carbocycles. The van der Waals surface area contributed by atoms with E-state index >= 15 is 0 Å². The standard InChI is InChI=1S/C21H24N4O/c1-2-5-18(6-3-1)15-26-20-10-8-17(9-11-20)13-25-12-4-7-19(14-25)21-22-16-23-24-21/h1-3,5-6,8-11,16,19H,4,7,12-15H2,(H,22,23,24)/t19-/m0/s1. The van der Waals surface area contributed by atoms with Crippen molar-refractivity contribution in [2.24, 2.45) is 0 Å². The minimum Gasteiger partial charge on any atom is -0.489 e. The third-order valence-corrected chi connectivity index (χ3v) is 4.90. The summed E-state index contributed by atoms with van der Waals surface area (Å²) in [6, 6.07) is 18.7. The van der Waals surface area contributed by atoms with Crippen molar-refractivity contribution in [1.82, 2.24) is 20.1 Å². The summed E-state index contributed by atoms with van der Waals surface area (Å²) in [7, 11) is 0. The largest absolute Gasteiger partial charge is 0.489 e. The second kappa shape index (κ2) is 8.15. The van der Waals surface area contributed by atoms with Crippen LogP contribution < -0.4 is 4.74 Å². The molecule has 5 nitrogen and oxygen atoms in total. The second-order valence-corrected chi connectivity index (χ2v) is 6.86. The van der Waals surface area contributed by atoms with E-state index in [1.54, 1.807) is 6.33 Å². The van der Waals surface area contributed by atoms with Gasteiger partial charge in [-0.3, -0.25) is 10.00 Å². The molecule has 0 spiro atoms. The predicted octanol–water partition coefficient (Wildman–Crippen LogP) is 3.76. The monoisotopic (exact) mass is 348 g/mol. The van der Waals surface area contributed by atoms with Gasteiger partial charge >= 0.3 is 0 Å². The highest BCUT2D eigenvalue weighted by Gasteiger charge is 2.23. The molecule has 1 saturated heterocycles. The number of aromatic amines is 1. The van der Waals surface area contributed by atoms with Crippen molar-refractivity contribution in [3.63, 3.8) is 0 Å². The van der Waals surface area contributed by atoms with Gasteiger partial charge in [-0.25, -0.2) is 4.98 Å². The van der Waals surface area contributed by atoms with Crippen molar-refractivity contribution in [3.05, 3.63) is 77.9 Å². The van der Waals surface area contributed by atoms with Crippen LogP contribution in [0.15, 0.2) is 60.9 Å². The summed E-state index contributed by atoms with van der Waals surface area (Å²) in [5, 5.41) is 7.01. The van der Waals surface area contributed by atoms with Gasteiger partial charge in [0.25, 0.3) is 0 Å². The Hall–Kier alpha value is -2.66. The summed E-state index contributed by atoms with van der Waals surface area (Å²) in [4.78, 5) is 6.83. The molecule has 134 valence electrons. The lowest BCUT2D eigenvalue weighted by molar-refractivity contribution is 0.196. The highest BCUT2D eigenvalue weighted by atomic mass is 16.5. The molecule has 1 fully saturated rings. The van der Waals surface area contributed by atoms with Crippen LogP contribution in [0, 0.1) is 0 Å². The molecule has 3 aromatic rings. The maximum absolute atomic E-state index is 5.87. The van der Waals surface area contributed by atoms with E-state index in [1.807, 2.05) is 18.2 Å². The summed E-state index contributed by atoms with van der Waals surface area (Å²) < 4.78 is 5.87. The lowest BCUT2D eigenvalue weighted by Crippen LogP contribution is -2.34. The number of hydrogen-bond acceptors (Lipinski definition) is 4. The molecule has 26 heavy (non-hydrogen) atoms. The first-order chi connectivity index (χ1) is 12.9. The Bertz CT molecular complexity index is 787. The molecule has 1 N–H and O–H groups in total. The fourth-order valence-electron chi connectivity index (χ4n) is 3.52. The van der Waals surface area contributed by atoms with Crippen molar-refractivity contribution >= 4 is 0 Å². The fraction of sp³-hybridized carbons (Fsp3) is 0.333. The van der Waals surface area contributed by atoms with Gasteiger partial charge in [0.15, 0.2) is 0 Å². The molecule has 1 aliphatic heterocycles. The third-order valence-electron chi connectivity index (χ3n) is 4.90. The van der Waals surface area contributed by atoms with Crippen LogP contribution in [0.2, 0.25) is 0 Å². The summed E-state index contributed by atoms with van der Waals surface area (Å²) in [5.74, 6) is 2.38. The lowest BCUT2D eigenvalue weighted by atomic mass is 9.97. The van der Waals surface area contributed by atoms with Crippen LogP contribution in [-0.4, -0.2) is 33.2 Å². The Morgan fingerprint density at radius 1 is 1.04 bits per heavy atom. The molecule has 4 rings (SSSR count). The third kappa shape index (κ3) is 4.29. The van der Waals surface area contributed by atoms with Crippen molar-refractivity contribution in [2.75, 3.05) is 13.1 Å². The number of H-pyrrole nitrogens is 1. The van der Waals surface area contributed by atoms with Gasteiger partial charge in [0.2, 0.25) is 0 Å². The number of nitrogens with zero attached hydrogens (tertiary/aromatic N) is 3.